The van der Waals surface area contributed by atoms with Crippen molar-refractivity contribution in [2.45, 2.75) is 31.8 Å². The van der Waals surface area contributed by atoms with Crippen molar-refractivity contribution >= 4 is 57.5 Å². The highest BCUT2D eigenvalue weighted by Crippen LogP contribution is 2.31. The molecule has 1 aliphatic rings. The van der Waals surface area contributed by atoms with Crippen LogP contribution in [0.25, 0.3) is 11.0 Å². The van der Waals surface area contributed by atoms with E-state index in [1.54, 1.807) is 12.4 Å². The van der Waals surface area contributed by atoms with Gasteiger partial charge in [0.25, 0.3) is 0 Å². The van der Waals surface area contributed by atoms with Gasteiger partial charge in [0, 0.05) is 30.2 Å². The van der Waals surface area contributed by atoms with Crippen LogP contribution in [0.1, 0.15) is 19.8 Å². The van der Waals surface area contributed by atoms with Gasteiger partial charge in [-0.15, -0.1) is 0 Å². The van der Waals surface area contributed by atoms with E-state index in [0.29, 0.717) is 29.0 Å². The van der Waals surface area contributed by atoms with Crippen LogP contribution in [-0.4, -0.2) is 48.8 Å². The molecule has 3 aromatic rings. The average Bonchev–Trinajstić information content (AvgIpc) is 3.32. The maximum absolute atomic E-state index is 12.1. The quantitative estimate of drug-likeness (QED) is 0.546. The van der Waals surface area contributed by atoms with Crippen LogP contribution >= 0.6 is 23.1 Å². The summed E-state index contributed by atoms with van der Waals surface area (Å²) in [6.45, 7) is 6.24. The molecule has 10 heteroatoms. The number of nitrogens with zero attached hydrogens (tertiary/aromatic N) is 4. The molecule has 4 heterocycles. The van der Waals surface area contributed by atoms with Crippen molar-refractivity contribution in [3.05, 3.63) is 35.5 Å². The number of H-pyrrole nitrogens is 1. The van der Waals surface area contributed by atoms with E-state index in [9.17, 15) is 4.79 Å². The number of carbonyl (C=O) groups is 1. The Morgan fingerprint density at radius 3 is 3.07 bits per heavy atom. The van der Waals surface area contributed by atoms with Crippen molar-refractivity contribution in [1.82, 2.24) is 24.2 Å². The lowest BCUT2D eigenvalue weighted by Gasteiger charge is -2.38. The molecule has 1 aliphatic heterocycles. The molecule has 28 heavy (non-hydrogen) atoms. The lowest BCUT2D eigenvalue weighted by atomic mass is 9.99. The molecule has 0 aromatic carbocycles. The Balaban J connectivity index is 1.62. The van der Waals surface area contributed by atoms with Gasteiger partial charge in [0.05, 0.1) is 22.3 Å². The van der Waals surface area contributed by atoms with Crippen LogP contribution in [0.3, 0.4) is 0 Å². The Morgan fingerprint density at radius 2 is 2.32 bits per heavy atom. The van der Waals surface area contributed by atoms with Gasteiger partial charge < -0.3 is 20.5 Å². The Labute approximate surface area is 171 Å². The van der Waals surface area contributed by atoms with E-state index >= 15 is 0 Å². The largest absolute Gasteiger partial charge is 0.365 e. The number of fused-ring (bicyclic) bond motifs is 1. The molecule has 0 saturated carbocycles. The summed E-state index contributed by atoms with van der Waals surface area (Å²) in [6, 6.07) is 0.243. The second kappa shape index (κ2) is 7.76. The van der Waals surface area contributed by atoms with E-state index < -0.39 is 0 Å². The highest BCUT2D eigenvalue weighted by atomic mass is 35.5. The number of piperidine rings is 1. The maximum atomic E-state index is 12.1. The Morgan fingerprint density at radius 1 is 1.46 bits per heavy atom. The van der Waals surface area contributed by atoms with Gasteiger partial charge in [-0.3, -0.25) is 4.79 Å². The number of aromatic nitrogens is 4. The van der Waals surface area contributed by atoms with Crippen molar-refractivity contribution in [3.63, 3.8) is 0 Å². The second-order valence-corrected chi connectivity index (χ2v) is 7.82. The normalized spacial score (nSPS) is 19.6. The van der Waals surface area contributed by atoms with Gasteiger partial charge in [-0.25, -0.2) is 0 Å². The Kier molecular flexibility index (Phi) is 5.19. The number of hydrogen-bond acceptors (Lipinski definition) is 7. The van der Waals surface area contributed by atoms with Gasteiger partial charge in [0.1, 0.15) is 11.5 Å². The fraction of sp³-hybridized carbons (Fsp3) is 0.333. The molecular formula is C18H20ClN7OS. The van der Waals surface area contributed by atoms with Crippen LogP contribution < -0.4 is 10.6 Å². The van der Waals surface area contributed by atoms with E-state index in [0.717, 1.165) is 23.9 Å². The molecule has 8 nitrogen and oxygen atoms in total. The molecule has 1 saturated heterocycles. The number of aromatic amines is 1. The highest BCUT2D eigenvalue weighted by molar-refractivity contribution is 7.04. The van der Waals surface area contributed by atoms with Crippen molar-refractivity contribution < 1.29 is 4.79 Å². The first-order valence-electron chi connectivity index (χ1n) is 8.95. The number of likely N-dealkylation sites (tertiary alicyclic amines) is 1. The number of carbonyl (C=O) groups excluding carboxylic acids is 1. The maximum Gasteiger partial charge on any atom is 0.246 e. The second-order valence-electron chi connectivity index (χ2n) is 6.76. The number of nitrogens with one attached hydrogen (secondary N) is 3. The smallest absolute Gasteiger partial charge is 0.246 e. The molecule has 1 amide bonds. The minimum absolute atomic E-state index is 0.0554. The number of rotatable bonds is 5. The molecule has 1 fully saturated rings. The van der Waals surface area contributed by atoms with Crippen LogP contribution in [0.5, 0.6) is 0 Å². The summed E-state index contributed by atoms with van der Waals surface area (Å²) < 4.78 is 4.07. The minimum atomic E-state index is -0.0566. The Hall–Kier alpha value is -2.65. The fourth-order valence-corrected chi connectivity index (χ4v) is 4.10. The van der Waals surface area contributed by atoms with Crippen molar-refractivity contribution in [2.24, 2.45) is 0 Å². The zero-order valence-corrected chi connectivity index (χ0v) is 16.8. The van der Waals surface area contributed by atoms with Crippen molar-refractivity contribution in [1.29, 1.82) is 0 Å². The summed E-state index contributed by atoms with van der Waals surface area (Å²) in [5.41, 5.74) is 1.46. The van der Waals surface area contributed by atoms with Gasteiger partial charge in [-0.05, 0) is 37.4 Å². The lowest BCUT2D eigenvalue weighted by molar-refractivity contribution is -0.129. The third-order valence-electron chi connectivity index (χ3n) is 4.85. The number of halogens is 1. The summed E-state index contributed by atoms with van der Waals surface area (Å²) in [6.07, 6.45) is 6.60. The van der Waals surface area contributed by atoms with Gasteiger partial charge in [0.15, 0.2) is 0 Å². The van der Waals surface area contributed by atoms with E-state index in [2.05, 4.69) is 43.5 Å². The van der Waals surface area contributed by atoms with E-state index in [-0.39, 0.29) is 18.0 Å². The summed E-state index contributed by atoms with van der Waals surface area (Å²) in [4.78, 5) is 26.2. The zero-order chi connectivity index (χ0) is 19.7. The molecule has 4 rings (SSSR count). The fourth-order valence-electron chi connectivity index (χ4n) is 3.39. The minimum Gasteiger partial charge on any atom is -0.365 e. The van der Waals surface area contributed by atoms with Crippen molar-refractivity contribution in [3.8, 4) is 0 Å². The van der Waals surface area contributed by atoms with Crippen LogP contribution in [0, 0.1) is 0 Å². The van der Waals surface area contributed by atoms with Crippen LogP contribution in [0.15, 0.2) is 30.4 Å². The SMILES string of the molecule is C=CC(=O)N1C[C@H](Nc2nc(Nc3cnsc3)nc3[nH]cc(Cl)c23)CC[C@@H]1C. The van der Waals surface area contributed by atoms with Gasteiger partial charge in [0.2, 0.25) is 11.9 Å². The average molecular weight is 418 g/mol. The topological polar surface area (TPSA) is 98.8 Å². The van der Waals surface area contributed by atoms with Crippen LogP contribution in [0.4, 0.5) is 17.5 Å². The molecule has 3 N–H and O–H groups in total. The van der Waals surface area contributed by atoms with E-state index in [1.807, 2.05) is 10.3 Å². The van der Waals surface area contributed by atoms with Gasteiger partial charge in [-0.2, -0.15) is 14.3 Å². The molecule has 0 spiro atoms. The highest BCUT2D eigenvalue weighted by Gasteiger charge is 2.28. The standard InChI is InChI=1S/C18H20ClN7OS/c1-3-14(27)26-8-11(5-4-10(26)2)22-17-15-13(19)7-20-16(15)24-18(25-17)23-12-6-21-28-9-12/h3,6-7,9-11H,1,4-5,8H2,2H3,(H3,20,22,23,24,25)/t10-,11+/m0/s1. The van der Waals surface area contributed by atoms with E-state index in [4.69, 9.17) is 11.6 Å². The molecule has 0 unspecified atom stereocenters. The zero-order valence-electron chi connectivity index (χ0n) is 15.3. The molecule has 2 atom stereocenters. The molecule has 0 bridgehead atoms. The summed E-state index contributed by atoms with van der Waals surface area (Å²) in [7, 11) is 0. The molecule has 3 aromatic heterocycles. The van der Waals surface area contributed by atoms with Crippen LogP contribution in [-0.2, 0) is 4.79 Å². The number of hydrogen-bond donors (Lipinski definition) is 3. The third-order valence-corrected chi connectivity index (χ3v) is 5.74. The first-order chi connectivity index (χ1) is 13.5. The summed E-state index contributed by atoms with van der Waals surface area (Å²) in [5, 5.41) is 9.77. The van der Waals surface area contributed by atoms with Crippen LogP contribution in [0.2, 0.25) is 5.02 Å². The van der Waals surface area contributed by atoms with Crippen molar-refractivity contribution in [2.75, 3.05) is 17.2 Å². The third kappa shape index (κ3) is 3.67. The summed E-state index contributed by atoms with van der Waals surface area (Å²) in [5.74, 6) is 1.02. The molecule has 146 valence electrons. The number of amides is 1. The first-order valence-corrected chi connectivity index (χ1v) is 10.2. The monoisotopic (exact) mass is 417 g/mol. The van der Waals surface area contributed by atoms with Gasteiger partial charge in [-0.1, -0.05) is 18.2 Å². The molecule has 0 radical (unpaired) electrons. The first kappa shape index (κ1) is 18.7. The summed E-state index contributed by atoms with van der Waals surface area (Å²) >= 11 is 7.70. The predicted octanol–water partition coefficient (Wildman–Crippen LogP) is 3.79. The van der Waals surface area contributed by atoms with Gasteiger partial charge >= 0.3 is 0 Å². The molecular weight excluding hydrogens is 398 g/mol. The molecule has 0 aliphatic carbocycles. The lowest BCUT2D eigenvalue weighted by Crippen LogP contribution is -2.49. The predicted molar refractivity (Wildman–Crippen MR) is 112 cm³/mol. The Bertz CT molecular complexity index is 1000. The van der Waals surface area contributed by atoms with E-state index in [1.165, 1.54) is 17.6 Å². The number of anilines is 3.